The fourth-order valence-corrected chi connectivity index (χ4v) is 5.12. The van der Waals surface area contributed by atoms with Crippen LogP contribution in [0.4, 0.5) is 0 Å². The van der Waals surface area contributed by atoms with Crippen LogP contribution < -0.4 is 20.7 Å². The molecule has 128 valence electrons. The Bertz CT molecular complexity index is 699. The van der Waals surface area contributed by atoms with Gasteiger partial charge in [0, 0.05) is 0 Å². The van der Waals surface area contributed by atoms with Crippen molar-refractivity contribution in [1.29, 1.82) is 0 Å². The molecule has 0 heterocycles. The fourth-order valence-electron chi connectivity index (χ4n) is 2.83. The predicted molar refractivity (Wildman–Crippen MR) is 110 cm³/mol. The Morgan fingerprint density at radius 3 is 1.68 bits per heavy atom. The second-order valence-electron chi connectivity index (χ2n) is 6.06. The monoisotopic (exact) mass is 348 g/mol. The summed E-state index contributed by atoms with van der Waals surface area (Å²) in [6.07, 6.45) is 3.57. The first kappa shape index (κ1) is 17.7. The van der Waals surface area contributed by atoms with Gasteiger partial charge in [0.05, 0.1) is 6.61 Å². The quantitative estimate of drug-likeness (QED) is 0.410. The Kier molecular flexibility index (Phi) is 6.65. The van der Waals surface area contributed by atoms with Crippen molar-refractivity contribution in [3.05, 3.63) is 84.9 Å². The first-order valence-corrected chi connectivity index (χ1v) is 10.4. The lowest BCUT2D eigenvalue weighted by molar-refractivity contribution is 0.306. The maximum absolute atomic E-state index is 5.86. The van der Waals surface area contributed by atoms with Crippen molar-refractivity contribution in [3.8, 4) is 5.75 Å². The number of ether oxygens (including phenoxy) is 1. The summed E-state index contributed by atoms with van der Waals surface area (Å²) in [4.78, 5) is 0. The Hall–Kier alpha value is -2.11. The van der Waals surface area contributed by atoms with Crippen molar-refractivity contribution in [2.75, 3.05) is 6.61 Å². The number of benzene rings is 3. The summed E-state index contributed by atoms with van der Waals surface area (Å²) in [5.41, 5.74) is 0. The van der Waals surface area contributed by atoms with Crippen LogP contribution >= 0.6 is 7.92 Å². The number of rotatable bonds is 8. The molecule has 3 rings (SSSR count). The van der Waals surface area contributed by atoms with E-state index in [4.69, 9.17) is 4.74 Å². The van der Waals surface area contributed by atoms with E-state index >= 15 is 0 Å². The van der Waals surface area contributed by atoms with Crippen molar-refractivity contribution >= 4 is 23.8 Å². The Morgan fingerprint density at radius 1 is 0.640 bits per heavy atom. The SMILES string of the molecule is CCCCCOc1ccc(P(c2ccccc2)c2ccccc2)cc1. The largest absolute Gasteiger partial charge is 0.494 e. The normalized spacial score (nSPS) is 10.8. The molecule has 0 amide bonds. The van der Waals surface area contributed by atoms with Gasteiger partial charge in [0.15, 0.2) is 0 Å². The van der Waals surface area contributed by atoms with E-state index in [1.54, 1.807) is 0 Å². The molecule has 0 spiro atoms. The molecule has 0 aliphatic rings. The smallest absolute Gasteiger partial charge is 0.119 e. The predicted octanol–water partition coefficient (Wildman–Crippen LogP) is 5.01. The molecule has 1 nitrogen and oxygen atoms in total. The van der Waals surface area contributed by atoms with Gasteiger partial charge in [0.2, 0.25) is 0 Å². The lowest BCUT2D eigenvalue weighted by atomic mass is 10.3. The van der Waals surface area contributed by atoms with Crippen LogP contribution in [-0.2, 0) is 0 Å². The van der Waals surface area contributed by atoms with Gasteiger partial charge in [-0.15, -0.1) is 0 Å². The number of hydrogen-bond acceptors (Lipinski definition) is 1. The molecule has 0 atom stereocenters. The minimum absolute atomic E-state index is 0.533. The van der Waals surface area contributed by atoms with E-state index in [9.17, 15) is 0 Å². The van der Waals surface area contributed by atoms with Gasteiger partial charge in [0.25, 0.3) is 0 Å². The van der Waals surface area contributed by atoms with E-state index in [1.807, 2.05) is 0 Å². The highest BCUT2D eigenvalue weighted by atomic mass is 31.1. The summed E-state index contributed by atoms with van der Waals surface area (Å²) in [6.45, 7) is 3.02. The molecule has 0 aromatic heterocycles. The van der Waals surface area contributed by atoms with E-state index in [1.165, 1.54) is 28.8 Å². The molecule has 2 heteroatoms. The molecule has 3 aromatic carbocycles. The molecular weight excluding hydrogens is 323 g/mol. The van der Waals surface area contributed by atoms with Crippen LogP contribution in [0, 0.1) is 0 Å². The Balaban J connectivity index is 1.82. The van der Waals surface area contributed by atoms with Gasteiger partial charge in [0.1, 0.15) is 5.75 Å². The summed E-state index contributed by atoms with van der Waals surface area (Å²) < 4.78 is 5.86. The maximum atomic E-state index is 5.86. The van der Waals surface area contributed by atoms with Gasteiger partial charge in [-0.3, -0.25) is 0 Å². The zero-order valence-electron chi connectivity index (χ0n) is 14.8. The molecule has 0 N–H and O–H groups in total. The van der Waals surface area contributed by atoms with Gasteiger partial charge in [-0.2, -0.15) is 0 Å². The molecule has 25 heavy (non-hydrogen) atoms. The van der Waals surface area contributed by atoms with Crippen LogP contribution in [0.5, 0.6) is 5.75 Å². The molecular formula is C23H25OP. The number of hydrogen-bond donors (Lipinski definition) is 0. The van der Waals surface area contributed by atoms with Gasteiger partial charge >= 0.3 is 0 Å². The van der Waals surface area contributed by atoms with Gasteiger partial charge in [-0.1, -0.05) is 92.6 Å². The molecule has 3 aromatic rings. The second kappa shape index (κ2) is 9.39. The van der Waals surface area contributed by atoms with Crippen LogP contribution in [0.3, 0.4) is 0 Å². The van der Waals surface area contributed by atoms with Gasteiger partial charge in [-0.05, 0) is 42.4 Å². The molecule has 0 bridgehead atoms. The fraction of sp³-hybridized carbons (Fsp3) is 0.217. The van der Waals surface area contributed by atoms with E-state index in [0.717, 1.165) is 18.8 Å². The first-order valence-electron chi connectivity index (χ1n) is 9.01. The summed E-state index contributed by atoms with van der Waals surface area (Å²) in [5, 5.41) is 4.11. The van der Waals surface area contributed by atoms with Crippen molar-refractivity contribution < 1.29 is 4.74 Å². The summed E-state index contributed by atoms with van der Waals surface area (Å²) >= 11 is 0. The van der Waals surface area contributed by atoms with Crippen LogP contribution in [0.25, 0.3) is 0 Å². The molecule has 0 saturated carbocycles. The van der Waals surface area contributed by atoms with E-state index in [0.29, 0.717) is 0 Å². The molecule has 0 radical (unpaired) electrons. The Labute approximate surface area is 152 Å². The van der Waals surface area contributed by atoms with Crippen molar-refractivity contribution in [2.24, 2.45) is 0 Å². The van der Waals surface area contributed by atoms with Crippen LogP contribution in [0.15, 0.2) is 84.9 Å². The molecule has 0 fully saturated rings. The minimum Gasteiger partial charge on any atom is -0.494 e. The molecule has 0 saturated heterocycles. The lowest BCUT2D eigenvalue weighted by Crippen LogP contribution is -2.20. The zero-order valence-corrected chi connectivity index (χ0v) is 15.7. The molecule has 0 unspecified atom stereocenters. The van der Waals surface area contributed by atoms with Gasteiger partial charge < -0.3 is 4.74 Å². The summed E-state index contributed by atoms with van der Waals surface area (Å²) in [6, 6.07) is 30.2. The van der Waals surface area contributed by atoms with Crippen LogP contribution in [-0.4, -0.2) is 6.61 Å². The first-order chi connectivity index (χ1) is 12.4. The van der Waals surface area contributed by atoms with E-state index in [2.05, 4.69) is 91.9 Å². The highest BCUT2D eigenvalue weighted by Crippen LogP contribution is 2.33. The van der Waals surface area contributed by atoms with E-state index in [-0.39, 0.29) is 0 Å². The minimum atomic E-state index is -0.533. The average molecular weight is 348 g/mol. The third-order valence-electron chi connectivity index (χ3n) is 4.14. The zero-order chi connectivity index (χ0) is 17.3. The lowest BCUT2D eigenvalue weighted by Gasteiger charge is -2.19. The van der Waals surface area contributed by atoms with Crippen molar-refractivity contribution in [2.45, 2.75) is 26.2 Å². The molecule has 0 aliphatic heterocycles. The average Bonchev–Trinajstić information content (AvgIpc) is 2.68. The highest BCUT2D eigenvalue weighted by Gasteiger charge is 2.15. The highest BCUT2D eigenvalue weighted by molar-refractivity contribution is 7.79. The maximum Gasteiger partial charge on any atom is 0.119 e. The third-order valence-corrected chi connectivity index (χ3v) is 6.58. The second-order valence-corrected chi connectivity index (χ2v) is 8.28. The van der Waals surface area contributed by atoms with E-state index < -0.39 is 7.92 Å². The number of unbranched alkanes of at least 4 members (excludes halogenated alkanes) is 2. The standard InChI is InChI=1S/C23H25OP/c1-2-3-10-19-24-20-15-17-23(18-16-20)25(21-11-6-4-7-12-21)22-13-8-5-9-14-22/h4-9,11-18H,2-3,10,19H2,1H3. The Morgan fingerprint density at radius 2 is 1.16 bits per heavy atom. The van der Waals surface area contributed by atoms with Crippen LogP contribution in [0.2, 0.25) is 0 Å². The van der Waals surface area contributed by atoms with Crippen molar-refractivity contribution in [1.82, 2.24) is 0 Å². The van der Waals surface area contributed by atoms with Crippen LogP contribution in [0.1, 0.15) is 26.2 Å². The summed E-state index contributed by atoms with van der Waals surface area (Å²) in [5.74, 6) is 0.968. The third kappa shape index (κ3) is 4.94. The topological polar surface area (TPSA) is 9.23 Å². The van der Waals surface area contributed by atoms with Crippen molar-refractivity contribution in [3.63, 3.8) is 0 Å². The summed E-state index contributed by atoms with van der Waals surface area (Å²) in [7, 11) is -0.533. The van der Waals surface area contributed by atoms with Gasteiger partial charge in [-0.25, -0.2) is 0 Å². The molecule has 0 aliphatic carbocycles.